The molecule has 0 saturated heterocycles. The van der Waals surface area contributed by atoms with Gasteiger partial charge in [0.2, 0.25) is 21.8 Å². The van der Waals surface area contributed by atoms with E-state index in [1.165, 1.54) is 24.3 Å². The number of halogens is 1. The van der Waals surface area contributed by atoms with E-state index in [9.17, 15) is 22.4 Å². The van der Waals surface area contributed by atoms with Crippen molar-refractivity contribution in [3.63, 3.8) is 0 Å². The second-order valence-corrected chi connectivity index (χ2v) is 7.96. The van der Waals surface area contributed by atoms with E-state index in [0.29, 0.717) is 0 Å². The maximum atomic E-state index is 12.9. The number of benzene rings is 2. The summed E-state index contributed by atoms with van der Waals surface area (Å²) in [4.78, 5) is 23.6. The van der Waals surface area contributed by atoms with Gasteiger partial charge in [-0.05, 0) is 36.2 Å². The van der Waals surface area contributed by atoms with Gasteiger partial charge < -0.3 is 11.1 Å². The average Bonchev–Trinajstić information content (AvgIpc) is 2.67. The molecule has 0 heterocycles. The summed E-state index contributed by atoms with van der Waals surface area (Å²) in [6.07, 6.45) is 0.171. The molecule has 0 aliphatic carbocycles. The fourth-order valence-electron chi connectivity index (χ4n) is 2.49. The molecule has 1 unspecified atom stereocenters. The zero-order valence-corrected chi connectivity index (χ0v) is 15.9. The minimum absolute atomic E-state index is 0.0109. The number of amides is 2. The normalized spacial score (nSPS) is 12.3. The monoisotopic (exact) mass is 407 g/mol. The van der Waals surface area contributed by atoms with Crippen LogP contribution in [0.15, 0.2) is 59.5 Å². The van der Waals surface area contributed by atoms with Gasteiger partial charge in [0, 0.05) is 19.5 Å². The molecule has 4 N–H and O–H groups in total. The van der Waals surface area contributed by atoms with Crippen LogP contribution in [0, 0.1) is 11.7 Å². The molecule has 0 aliphatic rings. The summed E-state index contributed by atoms with van der Waals surface area (Å²) in [5, 5.41) is 2.57. The predicted molar refractivity (Wildman–Crippen MR) is 102 cm³/mol. The molecule has 2 rings (SSSR count). The summed E-state index contributed by atoms with van der Waals surface area (Å²) in [6.45, 7) is -0.0702. The Morgan fingerprint density at radius 2 is 1.68 bits per heavy atom. The summed E-state index contributed by atoms with van der Waals surface area (Å²) >= 11 is 0. The van der Waals surface area contributed by atoms with E-state index in [1.807, 2.05) is 0 Å². The molecule has 0 aromatic heterocycles. The van der Waals surface area contributed by atoms with Gasteiger partial charge in [-0.3, -0.25) is 9.59 Å². The molecule has 28 heavy (non-hydrogen) atoms. The van der Waals surface area contributed by atoms with Crippen molar-refractivity contribution in [2.45, 2.75) is 17.7 Å². The molecule has 0 spiro atoms. The van der Waals surface area contributed by atoms with Gasteiger partial charge in [0.1, 0.15) is 5.82 Å². The Labute approximate surface area is 163 Å². The van der Waals surface area contributed by atoms with Crippen molar-refractivity contribution in [3.8, 4) is 0 Å². The van der Waals surface area contributed by atoms with Crippen LogP contribution in [0.4, 0.5) is 4.39 Å². The first-order valence-electron chi connectivity index (χ1n) is 8.63. The summed E-state index contributed by atoms with van der Waals surface area (Å²) < 4.78 is 39.4. The molecule has 7 nitrogen and oxygen atoms in total. The first-order valence-corrected chi connectivity index (χ1v) is 10.1. The summed E-state index contributed by atoms with van der Waals surface area (Å²) in [7, 11) is -3.68. The zero-order chi connectivity index (χ0) is 20.6. The Hall–Kier alpha value is -2.78. The number of hydrogen-bond donors (Lipinski definition) is 3. The molecule has 0 bridgehead atoms. The van der Waals surface area contributed by atoms with Crippen LogP contribution in [0.3, 0.4) is 0 Å². The standard InChI is InChI=1S/C19H22FN3O4S/c20-16-8-6-14(7-9-16)12-15(19(21)25)13-22-18(24)10-11-23-28(26,27)17-4-2-1-3-5-17/h1-9,15,23H,10-13H2,(H2,21,25)(H,22,24). The molecule has 0 saturated carbocycles. The van der Waals surface area contributed by atoms with Crippen LogP contribution >= 0.6 is 0 Å². The third-order valence-electron chi connectivity index (χ3n) is 4.04. The molecule has 9 heteroatoms. The van der Waals surface area contributed by atoms with Crippen molar-refractivity contribution in [2.75, 3.05) is 13.1 Å². The fourth-order valence-corrected chi connectivity index (χ4v) is 3.54. The lowest BCUT2D eigenvalue weighted by Gasteiger charge is -2.14. The highest BCUT2D eigenvalue weighted by atomic mass is 32.2. The van der Waals surface area contributed by atoms with Gasteiger partial charge in [-0.25, -0.2) is 17.5 Å². The Morgan fingerprint density at radius 3 is 2.29 bits per heavy atom. The Morgan fingerprint density at radius 1 is 1.04 bits per heavy atom. The lowest BCUT2D eigenvalue weighted by molar-refractivity contribution is -0.123. The van der Waals surface area contributed by atoms with Crippen LogP contribution in [-0.4, -0.2) is 33.3 Å². The Bertz CT molecular complexity index is 903. The minimum Gasteiger partial charge on any atom is -0.369 e. The molecular formula is C19H22FN3O4S. The first kappa shape index (κ1) is 21.5. The number of carbonyl (C=O) groups is 2. The van der Waals surface area contributed by atoms with Crippen LogP contribution in [-0.2, 0) is 26.0 Å². The largest absolute Gasteiger partial charge is 0.369 e. The minimum atomic E-state index is -3.68. The van der Waals surface area contributed by atoms with Gasteiger partial charge >= 0.3 is 0 Å². The van der Waals surface area contributed by atoms with Crippen LogP contribution in [0.5, 0.6) is 0 Å². The molecule has 150 valence electrons. The molecule has 2 aromatic carbocycles. The lowest BCUT2D eigenvalue weighted by Crippen LogP contribution is -2.38. The average molecular weight is 407 g/mol. The quantitative estimate of drug-likeness (QED) is 0.543. The predicted octanol–water partition coefficient (Wildman–Crippen LogP) is 0.955. The van der Waals surface area contributed by atoms with Crippen LogP contribution in [0.1, 0.15) is 12.0 Å². The molecule has 0 fully saturated rings. The Kier molecular flexibility index (Phi) is 7.65. The van der Waals surface area contributed by atoms with Gasteiger partial charge in [-0.1, -0.05) is 30.3 Å². The van der Waals surface area contributed by atoms with E-state index in [1.54, 1.807) is 30.3 Å². The molecule has 1 atom stereocenters. The first-order chi connectivity index (χ1) is 13.3. The number of carbonyl (C=O) groups excluding carboxylic acids is 2. The van der Waals surface area contributed by atoms with E-state index in [4.69, 9.17) is 5.73 Å². The summed E-state index contributed by atoms with van der Waals surface area (Å²) in [5.74, 6) is -2.04. The van der Waals surface area contributed by atoms with Crippen LogP contribution in [0.2, 0.25) is 0 Å². The lowest BCUT2D eigenvalue weighted by atomic mass is 9.98. The number of primary amides is 1. The van der Waals surface area contributed by atoms with Crippen molar-refractivity contribution in [1.29, 1.82) is 0 Å². The van der Waals surface area contributed by atoms with Crippen molar-refractivity contribution in [2.24, 2.45) is 11.7 Å². The summed E-state index contributed by atoms with van der Waals surface area (Å²) in [6, 6.07) is 13.5. The number of hydrogen-bond acceptors (Lipinski definition) is 4. The Balaban J connectivity index is 1.79. The molecular weight excluding hydrogens is 385 g/mol. The van der Waals surface area contributed by atoms with Crippen molar-refractivity contribution in [3.05, 3.63) is 66.0 Å². The number of sulfonamides is 1. The van der Waals surface area contributed by atoms with E-state index in [2.05, 4.69) is 10.0 Å². The number of nitrogens with one attached hydrogen (secondary N) is 2. The van der Waals surface area contributed by atoms with Crippen molar-refractivity contribution in [1.82, 2.24) is 10.0 Å². The van der Waals surface area contributed by atoms with Gasteiger partial charge in [0.05, 0.1) is 10.8 Å². The maximum absolute atomic E-state index is 12.9. The van der Waals surface area contributed by atoms with E-state index in [0.717, 1.165) is 5.56 Å². The second kappa shape index (κ2) is 9.95. The van der Waals surface area contributed by atoms with Crippen molar-refractivity contribution < 1.29 is 22.4 Å². The van der Waals surface area contributed by atoms with Gasteiger partial charge in [-0.2, -0.15) is 0 Å². The highest BCUT2D eigenvalue weighted by molar-refractivity contribution is 7.89. The third-order valence-corrected chi connectivity index (χ3v) is 5.52. The smallest absolute Gasteiger partial charge is 0.240 e. The molecule has 0 aliphatic heterocycles. The number of rotatable bonds is 10. The summed E-state index contributed by atoms with van der Waals surface area (Å²) in [5.41, 5.74) is 6.08. The van der Waals surface area contributed by atoms with Gasteiger partial charge in [0.15, 0.2) is 0 Å². The second-order valence-electron chi connectivity index (χ2n) is 6.19. The van der Waals surface area contributed by atoms with E-state index >= 15 is 0 Å². The number of nitrogens with two attached hydrogens (primary N) is 1. The highest BCUT2D eigenvalue weighted by Crippen LogP contribution is 2.10. The van der Waals surface area contributed by atoms with Crippen LogP contribution < -0.4 is 15.8 Å². The molecule has 2 aromatic rings. The van der Waals surface area contributed by atoms with Crippen molar-refractivity contribution >= 4 is 21.8 Å². The molecule has 0 radical (unpaired) electrons. The zero-order valence-electron chi connectivity index (χ0n) is 15.1. The molecule has 2 amide bonds. The van der Waals surface area contributed by atoms with Crippen LogP contribution in [0.25, 0.3) is 0 Å². The van der Waals surface area contributed by atoms with E-state index < -0.39 is 27.8 Å². The highest BCUT2D eigenvalue weighted by Gasteiger charge is 2.18. The fraction of sp³-hybridized carbons (Fsp3) is 0.263. The van der Waals surface area contributed by atoms with E-state index in [-0.39, 0.29) is 36.6 Å². The van der Waals surface area contributed by atoms with Gasteiger partial charge in [-0.15, -0.1) is 0 Å². The van der Waals surface area contributed by atoms with Gasteiger partial charge in [0.25, 0.3) is 0 Å². The maximum Gasteiger partial charge on any atom is 0.240 e. The SMILES string of the molecule is NC(=O)C(CNC(=O)CCNS(=O)(=O)c1ccccc1)Cc1ccc(F)cc1. The topological polar surface area (TPSA) is 118 Å². The third kappa shape index (κ3) is 6.75.